The second-order valence-electron chi connectivity index (χ2n) is 3.56. The van der Waals surface area contributed by atoms with Gasteiger partial charge in [-0.2, -0.15) is 0 Å². The van der Waals surface area contributed by atoms with Gasteiger partial charge in [-0.1, -0.05) is 0 Å². The maximum Gasteiger partial charge on any atom is 0.252 e. The Morgan fingerprint density at radius 3 is 2.93 bits per heavy atom. The second-order valence-corrected chi connectivity index (χ2v) is 3.56. The van der Waals surface area contributed by atoms with E-state index in [2.05, 4.69) is 15.6 Å². The molecule has 0 radical (unpaired) electrons. The maximum absolute atomic E-state index is 11.6. The van der Waals surface area contributed by atoms with Crippen LogP contribution in [0.25, 0.3) is 0 Å². The molecule has 5 nitrogen and oxygen atoms in total. The largest absolute Gasteiger partial charge is 0.383 e. The third-order valence-corrected chi connectivity index (χ3v) is 2.76. The van der Waals surface area contributed by atoms with Crippen LogP contribution in [0.2, 0.25) is 0 Å². The van der Waals surface area contributed by atoms with E-state index in [4.69, 9.17) is 5.73 Å². The minimum Gasteiger partial charge on any atom is -0.383 e. The molecule has 2 aliphatic heterocycles. The summed E-state index contributed by atoms with van der Waals surface area (Å²) in [5, 5.41) is 5.94. The van der Waals surface area contributed by atoms with Crippen LogP contribution in [-0.4, -0.2) is 10.9 Å². The van der Waals surface area contributed by atoms with E-state index in [1.807, 2.05) is 0 Å². The van der Waals surface area contributed by atoms with Crippen LogP contribution in [0.15, 0.2) is 0 Å². The van der Waals surface area contributed by atoms with E-state index in [1.54, 1.807) is 0 Å². The number of nitrogens with two attached hydrogens (primary N) is 1. The maximum atomic E-state index is 11.6. The van der Waals surface area contributed by atoms with Crippen LogP contribution >= 0.6 is 0 Å². The number of fused-ring (bicyclic) bond motifs is 3. The van der Waals surface area contributed by atoms with E-state index in [0.717, 1.165) is 28.9 Å². The molecule has 3 heterocycles. The number of nitrogens with zero attached hydrogens (tertiary/aromatic N) is 1. The van der Waals surface area contributed by atoms with Gasteiger partial charge in [0.15, 0.2) is 0 Å². The highest BCUT2D eigenvalue weighted by molar-refractivity contribution is 6.01. The normalized spacial score (nSPS) is 17.9. The summed E-state index contributed by atoms with van der Waals surface area (Å²) in [4.78, 5) is 15.8. The van der Waals surface area contributed by atoms with Crippen molar-refractivity contribution in [3.8, 4) is 0 Å². The van der Waals surface area contributed by atoms with Gasteiger partial charge in [0.2, 0.25) is 0 Å². The van der Waals surface area contributed by atoms with E-state index >= 15 is 0 Å². The molecule has 2 aliphatic rings. The van der Waals surface area contributed by atoms with Crippen molar-refractivity contribution in [3.05, 3.63) is 22.4 Å². The fourth-order valence-corrected chi connectivity index (χ4v) is 2.09. The van der Waals surface area contributed by atoms with E-state index in [-0.39, 0.29) is 5.91 Å². The predicted octanol–water partition coefficient (Wildman–Crippen LogP) is -0.490. The third-order valence-electron chi connectivity index (χ3n) is 2.76. The molecule has 0 fully saturated rings. The molecule has 14 heavy (non-hydrogen) atoms. The summed E-state index contributed by atoms with van der Waals surface area (Å²) in [6, 6.07) is 0. The van der Waals surface area contributed by atoms with Crippen LogP contribution in [0, 0.1) is 0 Å². The molecule has 0 bridgehead atoms. The molecule has 0 aliphatic carbocycles. The highest BCUT2D eigenvalue weighted by Gasteiger charge is 2.29. The number of anilines is 1. The SMILES string of the molecule is Nc1nc2c(c3c1CNC3=O)CNC2. The molecule has 1 amide bonds. The number of nitrogens with one attached hydrogen (secondary N) is 2. The number of carbonyl (C=O) groups is 1. The van der Waals surface area contributed by atoms with Crippen molar-refractivity contribution in [3.63, 3.8) is 0 Å². The number of carbonyl (C=O) groups excluding carboxylic acids is 1. The third kappa shape index (κ3) is 0.820. The first-order valence-corrected chi connectivity index (χ1v) is 4.56. The summed E-state index contributed by atoms with van der Waals surface area (Å²) in [5.74, 6) is 0.467. The highest BCUT2D eigenvalue weighted by atomic mass is 16.1. The number of hydrogen-bond donors (Lipinski definition) is 3. The Kier molecular flexibility index (Phi) is 1.36. The first-order valence-electron chi connectivity index (χ1n) is 4.56. The molecule has 0 aromatic carbocycles. The molecule has 0 unspecified atom stereocenters. The summed E-state index contributed by atoms with van der Waals surface area (Å²) < 4.78 is 0. The van der Waals surface area contributed by atoms with E-state index in [1.165, 1.54) is 0 Å². The minimum absolute atomic E-state index is 0.0194. The van der Waals surface area contributed by atoms with Gasteiger partial charge in [0.25, 0.3) is 5.91 Å². The molecule has 0 saturated carbocycles. The first kappa shape index (κ1) is 7.75. The summed E-state index contributed by atoms with van der Waals surface area (Å²) in [5.41, 5.74) is 9.32. The summed E-state index contributed by atoms with van der Waals surface area (Å²) >= 11 is 0. The number of amides is 1. The minimum atomic E-state index is -0.0194. The zero-order valence-electron chi connectivity index (χ0n) is 7.55. The smallest absolute Gasteiger partial charge is 0.252 e. The Labute approximate surface area is 80.7 Å². The molecule has 1 aromatic rings. The van der Waals surface area contributed by atoms with Crippen LogP contribution in [0.5, 0.6) is 0 Å². The number of rotatable bonds is 0. The van der Waals surface area contributed by atoms with Gasteiger partial charge in [0.05, 0.1) is 11.3 Å². The predicted molar refractivity (Wildman–Crippen MR) is 50.4 cm³/mol. The Bertz CT molecular complexity index is 441. The van der Waals surface area contributed by atoms with Gasteiger partial charge in [-0.15, -0.1) is 0 Å². The van der Waals surface area contributed by atoms with Crippen LogP contribution in [0.4, 0.5) is 5.82 Å². The Morgan fingerprint density at radius 1 is 1.21 bits per heavy atom. The monoisotopic (exact) mass is 190 g/mol. The number of nitrogen functional groups attached to an aromatic ring is 1. The van der Waals surface area contributed by atoms with Gasteiger partial charge >= 0.3 is 0 Å². The molecular weight excluding hydrogens is 180 g/mol. The summed E-state index contributed by atoms with van der Waals surface area (Å²) in [6.45, 7) is 1.94. The quantitative estimate of drug-likeness (QED) is 0.515. The Hall–Kier alpha value is -1.62. The lowest BCUT2D eigenvalue weighted by Crippen LogP contribution is -2.14. The second kappa shape index (κ2) is 2.45. The molecule has 72 valence electrons. The van der Waals surface area contributed by atoms with Crippen molar-refractivity contribution < 1.29 is 4.79 Å². The summed E-state index contributed by atoms with van der Waals surface area (Å²) in [7, 11) is 0. The molecule has 5 heteroatoms. The first-order chi connectivity index (χ1) is 6.77. The number of pyridine rings is 1. The average molecular weight is 190 g/mol. The van der Waals surface area contributed by atoms with E-state index in [0.29, 0.717) is 18.9 Å². The molecule has 1 aromatic heterocycles. The zero-order chi connectivity index (χ0) is 9.71. The highest BCUT2D eigenvalue weighted by Crippen LogP contribution is 2.28. The molecular formula is C9H10N4O. The van der Waals surface area contributed by atoms with Crippen LogP contribution in [-0.2, 0) is 19.6 Å². The van der Waals surface area contributed by atoms with Crippen LogP contribution in [0.3, 0.4) is 0 Å². The van der Waals surface area contributed by atoms with Gasteiger partial charge in [0, 0.05) is 30.8 Å². The molecule has 3 rings (SSSR count). The van der Waals surface area contributed by atoms with Crippen molar-refractivity contribution >= 4 is 11.7 Å². The molecule has 4 N–H and O–H groups in total. The Morgan fingerprint density at radius 2 is 2.07 bits per heavy atom. The Balaban J connectivity index is 2.34. The van der Waals surface area contributed by atoms with Gasteiger partial charge in [-0.3, -0.25) is 4.79 Å². The van der Waals surface area contributed by atoms with Gasteiger partial charge in [-0.05, 0) is 0 Å². The standard InChI is InChI=1S/C9H10N4O/c10-8-5-2-12-9(14)7(5)4-1-11-3-6(4)13-8/h11H,1-3H2,(H2,10,13)(H,12,14). The van der Waals surface area contributed by atoms with E-state index < -0.39 is 0 Å². The topological polar surface area (TPSA) is 80.0 Å². The summed E-state index contributed by atoms with van der Waals surface area (Å²) in [6.07, 6.45) is 0. The molecule has 0 spiro atoms. The van der Waals surface area contributed by atoms with Gasteiger partial charge in [-0.25, -0.2) is 4.98 Å². The van der Waals surface area contributed by atoms with Crippen LogP contribution in [0.1, 0.15) is 27.2 Å². The van der Waals surface area contributed by atoms with Gasteiger partial charge < -0.3 is 16.4 Å². The fraction of sp³-hybridized carbons (Fsp3) is 0.333. The number of aromatic nitrogens is 1. The lowest BCUT2D eigenvalue weighted by molar-refractivity contribution is 0.0965. The lowest BCUT2D eigenvalue weighted by Gasteiger charge is -2.05. The van der Waals surface area contributed by atoms with Crippen molar-refractivity contribution in [2.45, 2.75) is 19.6 Å². The zero-order valence-corrected chi connectivity index (χ0v) is 7.55. The average Bonchev–Trinajstić information content (AvgIpc) is 2.71. The van der Waals surface area contributed by atoms with Crippen molar-refractivity contribution in [2.24, 2.45) is 0 Å². The molecule has 0 atom stereocenters. The molecule has 0 saturated heterocycles. The fourth-order valence-electron chi connectivity index (χ4n) is 2.09. The lowest BCUT2D eigenvalue weighted by atomic mass is 10.0. The van der Waals surface area contributed by atoms with Crippen molar-refractivity contribution in [2.75, 3.05) is 5.73 Å². The van der Waals surface area contributed by atoms with Gasteiger partial charge in [0.1, 0.15) is 5.82 Å². The van der Waals surface area contributed by atoms with Crippen molar-refractivity contribution in [1.29, 1.82) is 0 Å². The number of hydrogen-bond acceptors (Lipinski definition) is 4. The van der Waals surface area contributed by atoms with E-state index in [9.17, 15) is 4.79 Å². The van der Waals surface area contributed by atoms with Crippen LogP contribution < -0.4 is 16.4 Å². The van der Waals surface area contributed by atoms with Crippen molar-refractivity contribution in [1.82, 2.24) is 15.6 Å².